The quantitative estimate of drug-likeness (QED) is 0.866. The van der Waals surface area contributed by atoms with E-state index in [2.05, 4.69) is 5.32 Å². The Balaban J connectivity index is 1.77. The fourth-order valence-electron chi connectivity index (χ4n) is 4.09. The van der Waals surface area contributed by atoms with Crippen molar-refractivity contribution in [1.82, 2.24) is 0 Å². The van der Waals surface area contributed by atoms with Crippen molar-refractivity contribution in [1.29, 1.82) is 0 Å². The SMILES string of the molecule is COc1c2c(cc3c1[C@H](C(=O)Nc1c(C)cccc1C)[NH+](C)CC3)OCO2. The van der Waals surface area contributed by atoms with Crippen LogP contribution in [-0.2, 0) is 11.2 Å². The average Bonchev–Trinajstić information content (AvgIpc) is 3.11. The number of amides is 1. The lowest BCUT2D eigenvalue weighted by molar-refractivity contribution is -0.904. The maximum absolute atomic E-state index is 13.4. The van der Waals surface area contributed by atoms with Crippen LogP contribution in [0.3, 0.4) is 0 Å². The lowest BCUT2D eigenvalue weighted by Gasteiger charge is -2.32. The summed E-state index contributed by atoms with van der Waals surface area (Å²) in [5.41, 5.74) is 4.96. The molecule has 2 aromatic rings. The van der Waals surface area contributed by atoms with E-state index in [-0.39, 0.29) is 18.7 Å². The van der Waals surface area contributed by atoms with E-state index in [9.17, 15) is 4.79 Å². The van der Waals surface area contributed by atoms with Crippen molar-refractivity contribution >= 4 is 11.6 Å². The summed E-state index contributed by atoms with van der Waals surface area (Å²) in [6.45, 7) is 5.05. The third kappa shape index (κ3) is 2.90. The zero-order chi connectivity index (χ0) is 19.1. The van der Waals surface area contributed by atoms with Crippen molar-refractivity contribution in [3.8, 4) is 17.2 Å². The Hall–Kier alpha value is -2.73. The molecular weight excluding hydrogens is 344 g/mol. The number of aryl methyl sites for hydroxylation is 2. The van der Waals surface area contributed by atoms with Crippen molar-refractivity contribution in [2.24, 2.45) is 0 Å². The Morgan fingerprint density at radius 3 is 2.70 bits per heavy atom. The van der Waals surface area contributed by atoms with Gasteiger partial charge in [0, 0.05) is 12.1 Å². The molecule has 2 atom stereocenters. The monoisotopic (exact) mass is 369 g/mol. The summed E-state index contributed by atoms with van der Waals surface area (Å²) in [5, 5.41) is 3.15. The molecule has 0 aromatic heterocycles. The number of quaternary nitrogens is 1. The van der Waals surface area contributed by atoms with E-state index in [0.29, 0.717) is 17.2 Å². The van der Waals surface area contributed by atoms with Crippen LogP contribution >= 0.6 is 0 Å². The van der Waals surface area contributed by atoms with Crippen molar-refractivity contribution in [3.05, 3.63) is 46.5 Å². The molecule has 0 saturated carbocycles. The minimum absolute atomic E-state index is 0.0389. The molecule has 6 nitrogen and oxygen atoms in total. The Morgan fingerprint density at radius 1 is 1.26 bits per heavy atom. The van der Waals surface area contributed by atoms with Gasteiger partial charge in [-0.25, -0.2) is 0 Å². The standard InChI is InChI=1S/C21H24N2O4/c1-12-6-5-7-13(2)17(12)22-21(24)18-16-14(8-9-23(18)3)10-15-19(20(16)25-4)27-11-26-15/h5-7,10,18H,8-9,11H2,1-4H3,(H,22,24)/p+1/t18-/m1/s1. The molecule has 1 unspecified atom stereocenters. The van der Waals surface area contributed by atoms with Gasteiger partial charge in [-0.2, -0.15) is 0 Å². The number of rotatable bonds is 3. The van der Waals surface area contributed by atoms with Gasteiger partial charge >= 0.3 is 0 Å². The van der Waals surface area contributed by atoms with Crippen molar-refractivity contribution in [2.75, 3.05) is 32.8 Å². The maximum Gasteiger partial charge on any atom is 0.287 e. The minimum Gasteiger partial charge on any atom is -0.492 e. The highest BCUT2D eigenvalue weighted by Crippen LogP contribution is 2.47. The molecule has 4 rings (SSSR count). The number of carbonyl (C=O) groups is 1. The summed E-state index contributed by atoms with van der Waals surface area (Å²) in [6, 6.07) is 7.62. The number of hydrogen-bond donors (Lipinski definition) is 2. The second kappa shape index (κ2) is 6.78. The number of nitrogens with one attached hydrogen (secondary N) is 2. The highest BCUT2D eigenvalue weighted by molar-refractivity contribution is 5.97. The lowest BCUT2D eigenvalue weighted by Crippen LogP contribution is -3.11. The van der Waals surface area contributed by atoms with Crippen LogP contribution in [0.25, 0.3) is 0 Å². The van der Waals surface area contributed by atoms with Crippen LogP contribution in [0.4, 0.5) is 5.69 Å². The highest BCUT2D eigenvalue weighted by Gasteiger charge is 2.40. The molecule has 1 amide bonds. The third-order valence-electron chi connectivity index (χ3n) is 5.51. The normalized spacial score (nSPS) is 20.1. The average molecular weight is 369 g/mol. The number of carbonyl (C=O) groups excluding carboxylic acids is 1. The number of para-hydroxylation sites is 1. The highest BCUT2D eigenvalue weighted by atomic mass is 16.7. The van der Waals surface area contributed by atoms with E-state index in [1.54, 1.807) is 7.11 Å². The van der Waals surface area contributed by atoms with E-state index < -0.39 is 0 Å². The third-order valence-corrected chi connectivity index (χ3v) is 5.51. The molecular formula is C21H25N2O4+. The first-order valence-electron chi connectivity index (χ1n) is 9.20. The van der Waals surface area contributed by atoms with Gasteiger partial charge in [-0.1, -0.05) is 18.2 Å². The Bertz CT molecular complexity index is 889. The van der Waals surface area contributed by atoms with Gasteiger partial charge in [-0.15, -0.1) is 0 Å². The predicted octanol–water partition coefficient (Wildman–Crippen LogP) is 1.79. The molecule has 2 heterocycles. The van der Waals surface area contributed by atoms with Gasteiger partial charge in [-0.05, 0) is 36.6 Å². The molecule has 0 aliphatic carbocycles. The van der Waals surface area contributed by atoms with Gasteiger partial charge in [0.05, 0.1) is 26.3 Å². The van der Waals surface area contributed by atoms with Gasteiger partial charge in [0.25, 0.3) is 5.91 Å². The number of benzene rings is 2. The predicted molar refractivity (Wildman–Crippen MR) is 102 cm³/mol. The summed E-state index contributed by atoms with van der Waals surface area (Å²) in [4.78, 5) is 14.5. The van der Waals surface area contributed by atoms with Crippen LogP contribution in [0.2, 0.25) is 0 Å². The van der Waals surface area contributed by atoms with Crippen LogP contribution in [-0.4, -0.2) is 33.4 Å². The van der Waals surface area contributed by atoms with E-state index in [0.717, 1.165) is 45.8 Å². The van der Waals surface area contributed by atoms with E-state index >= 15 is 0 Å². The van der Waals surface area contributed by atoms with Gasteiger partial charge in [0.1, 0.15) is 0 Å². The largest absolute Gasteiger partial charge is 0.492 e. The van der Waals surface area contributed by atoms with Crippen LogP contribution < -0.4 is 24.4 Å². The molecule has 2 aliphatic heterocycles. The van der Waals surface area contributed by atoms with Gasteiger partial charge in [-0.3, -0.25) is 4.79 Å². The smallest absolute Gasteiger partial charge is 0.287 e. The van der Waals surface area contributed by atoms with Gasteiger partial charge < -0.3 is 24.4 Å². The number of likely N-dealkylation sites (N-methyl/N-ethyl adjacent to an activating group) is 1. The fourth-order valence-corrected chi connectivity index (χ4v) is 4.09. The number of fused-ring (bicyclic) bond motifs is 2. The Kier molecular flexibility index (Phi) is 4.44. The maximum atomic E-state index is 13.4. The molecule has 2 aromatic carbocycles. The number of methoxy groups -OCH3 is 1. The van der Waals surface area contributed by atoms with Crippen molar-refractivity contribution in [3.63, 3.8) is 0 Å². The van der Waals surface area contributed by atoms with Gasteiger partial charge in [0.15, 0.2) is 17.5 Å². The van der Waals surface area contributed by atoms with E-state index in [4.69, 9.17) is 14.2 Å². The molecule has 0 saturated heterocycles. The molecule has 0 fully saturated rings. The van der Waals surface area contributed by atoms with Crippen molar-refractivity contribution < 1.29 is 23.9 Å². The first-order valence-corrected chi connectivity index (χ1v) is 9.20. The zero-order valence-electron chi connectivity index (χ0n) is 16.1. The van der Waals surface area contributed by atoms with E-state index in [1.807, 2.05) is 45.2 Å². The lowest BCUT2D eigenvalue weighted by atomic mass is 9.90. The van der Waals surface area contributed by atoms with Crippen LogP contribution in [0, 0.1) is 13.8 Å². The second-order valence-corrected chi connectivity index (χ2v) is 7.25. The molecule has 2 N–H and O–H groups in total. The first kappa shape index (κ1) is 17.7. The van der Waals surface area contributed by atoms with Crippen LogP contribution in [0.1, 0.15) is 28.3 Å². The summed E-state index contributed by atoms with van der Waals surface area (Å²) in [5.74, 6) is 1.86. The Labute approximate surface area is 159 Å². The van der Waals surface area contributed by atoms with Crippen LogP contribution in [0.15, 0.2) is 24.3 Å². The van der Waals surface area contributed by atoms with Gasteiger partial charge in [0.2, 0.25) is 12.5 Å². The summed E-state index contributed by atoms with van der Waals surface area (Å²) in [7, 11) is 3.66. The molecule has 6 heteroatoms. The molecule has 27 heavy (non-hydrogen) atoms. The summed E-state index contributed by atoms with van der Waals surface area (Å²) >= 11 is 0. The molecule has 0 spiro atoms. The number of ether oxygens (including phenoxy) is 3. The topological polar surface area (TPSA) is 61.2 Å². The molecule has 0 radical (unpaired) electrons. The zero-order valence-corrected chi connectivity index (χ0v) is 16.1. The fraction of sp³-hybridized carbons (Fsp3) is 0.381. The second-order valence-electron chi connectivity index (χ2n) is 7.25. The molecule has 2 aliphatic rings. The molecule has 0 bridgehead atoms. The first-order chi connectivity index (χ1) is 13.0. The minimum atomic E-state index is -0.378. The summed E-state index contributed by atoms with van der Waals surface area (Å²) in [6.07, 6.45) is 0.862. The van der Waals surface area contributed by atoms with E-state index in [1.165, 1.54) is 0 Å². The number of hydrogen-bond acceptors (Lipinski definition) is 4. The summed E-state index contributed by atoms with van der Waals surface area (Å²) < 4.78 is 16.8. The van der Waals surface area contributed by atoms with Crippen LogP contribution in [0.5, 0.6) is 17.2 Å². The number of anilines is 1. The molecule has 142 valence electrons. The Morgan fingerprint density at radius 2 is 2.00 bits per heavy atom. The van der Waals surface area contributed by atoms with Crippen molar-refractivity contribution in [2.45, 2.75) is 26.3 Å².